The summed E-state index contributed by atoms with van der Waals surface area (Å²) in [4.78, 5) is 9.24. The Kier molecular flexibility index (Phi) is 6.80. The monoisotopic (exact) mass is 445 g/mol. The number of aliphatic hydroxyl groups excluding tert-OH is 1. The summed E-state index contributed by atoms with van der Waals surface area (Å²) in [7, 11) is 0. The molecule has 0 bridgehead atoms. The topological polar surface area (TPSA) is 59.8 Å². The van der Waals surface area contributed by atoms with Crippen LogP contribution in [-0.2, 0) is 6.54 Å². The minimum atomic E-state index is -0.799. The molecule has 3 heterocycles. The van der Waals surface area contributed by atoms with Crippen molar-refractivity contribution in [1.29, 1.82) is 0 Å². The Labute approximate surface area is 197 Å². The summed E-state index contributed by atoms with van der Waals surface area (Å²) in [6, 6.07) is 13.3. The van der Waals surface area contributed by atoms with E-state index in [4.69, 9.17) is 0 Å². The molecule has 174 valence electrons. The largest absolute Gasteiger partial charge is 0.395 e. The minimum absolute atomic E-state index is 0.187. The number of rotatable bonds is 4. The molecule has 2 saturated heterocycles. The zero-order valence-corrected chi connectivity index (χ0v) is 19.4. The molecule has 0 spiro atoms. The van der Waals surface area contributed by atoms with E-state index in [1.165, 1.54) is 24.0 Å². The van der Waals surface area contributed by atoms with Gasteiger partial charge in [-0.2, -0.15) is 0 Å². The first-order valence-electron chi connectivity index (χ1n) is 12.5. The maximum atomic E-state index is 10.5. The highest BCUT2D eigenvalue weighted by Crippen LogP contribution is 2.42. The standard InChI is InChI=1S/C28H35N3O2/c32-21-26-27(24-7-5-22(6-8-24)9-14-28(33)12-1-2-13-28)25-20-30(17-3-4-18-31(25)26)19-23-10-15-29-16-11-23/h5-8,10-11,15-16,25-27,32-33H,1-4,12-13,17-21H2/t25-,26-,27-/m0/s1. The van der Waals surface area contributed by atoms with Crippen LogP contribution in [-0.4, -0.2) is 68.9 Å². The lowest BCUT2D eigenvalue weighted by atomic mass is 9.74. The van der Waals surface area contributed by atoms with Crippen LogP contribution >= 0.6 is 0 Å². The fourth-order valence-corrected chi connectivity index (χ4v) is 5.96. The lowest BCUT2D eigenvalue weighted by molar-refractivity contribution is -0.0655. The number of nitrogens with zero attached hydrogens (tertiary/aromatic N) is 3. The fourth-order valence-electron chi connectivity index (χ4n) is 5.96. The fraction of sp³-hybridized carbons (Fsp3) is 0.536. The molecule has 1 aromatic heterocycles. The van der Waals surface area contributed by atoms with Crippen molar-refractivity contribution in [2.45, 2.75) is 68.7 Å². The predicted octanol–water partition coefficient (Wildman–Crippen LogP) is 3.16. The SMILES string of the molecule is OC[C@H]1[C@@H](c2ccc(C#CC3(O)CCCC3)cc2)[C@@H]2CN(Cc3ccncc3)CCCCN12. The van der Waals surface area contributed by atoms with Crippen LogP contribution in [0.25, 0.3) is 0 Å². The Bertz CT molecular complexity index is 976. The van der Waals surface area contributed by atoms with Gasteiger partial charge in [0.2, 0.25) is 0 Å². The van der Waals surface area contributed by atoms with E-state index in [1.54, 1.807) is 0 Å². The molecule has 2 aromatic rings. The van der Waals surface area contributed by atoms with Crippen molar-refractivity contribution in [2.75, 3.05) is 26.2 Å². The number of fused-ring (bicyclic) bond motifs is 1. The van der Waals surface area contributed by atoms with Gasteiger partial charge in [0.1, 0.15) is 5.60 Å². The first-order valence-corrected chi connectivity index (χ1v) is 12.5. The summed E-state index contributed by atoms with van der Waals surface area (Å²) in [5.74, 6) is 6.62. The molecular weight excluding hydrogens is 410 g/mol. The molecule has 3 aliphatic rings. The summed E-state index contributed by atoms with van der Waals surface area (Å²) < 4.78 is 0. The van der Waals surface area contributed by atoms with Gasteiger partial charge in [0, 0.05) is 49.0 Å². The van der Waals surface area contributed by atoms with E-state index in [2.05, 4.69) is 63.0 Å². The normalized spacial score (nSPS) is 27.5. The summed E-state index contributed by atoms with van der Waals surface area (Å²) in [6.07, 6.45) is 9.79. The Morgan fingerprint density at radius 3 is 2.42 bits per heavy atom. The van der Waals surface area contributed by atoms with E-state index in [0.29, 0.717) is 12.0 Å². The van der Waals surface area contributed by atoms with Gasteiger partial charge in [-0.1, -0.05) is 24.0 Å². The van der Waals surface area contributed by atoms with Crippen LogP contribution in [0.2, 0.25) is 0 Å². The zero-order chi connectivity index (χ0) is 22.7. The van der Waals surface area contributed by atoms with Crippen LogP contribution in [0.5, 0.6) is 0 Å². The maximum absolute atomic E-state index is 10.5. The van der Waals surface area contributed by atoms with Crippen molar-refractivity contribution in [2.24, 2.45) is 0 Å². The van der Waals surface area contributed by atoms with E-state index >= 15 is 0 Å². The number of benzene rings is 1. The Balaban J connectivity index is 1.31. The molecule has 5 heteroatoms. The minimum Gasteiger partial charge on any atom is -0.395 e. The average Bonchev–Trinajstić information content (AvgIpc) is 3.26. The van der Waals surface area contributed by atoms with E-state index in [0.717, 1.165) is 57.4 Å². The molecule has 2 N–H and O–H groups in total. The van der Waals surface area contributed by atoms with Crippen LogP contribution in [0.1, 0.15) is 61.1 Å². The van der Waals surface area contributed by atoms with Crippen LogP contribution in [0.4, 0.5) is 0 Å². The van der Waals surface area contributed by atoms with Gasteiger partial charge in [-0.25, -0.2) is 0 Å². The number of aliphatic hydroxyl groups is 2. The molecule has 2 aliphatic heterocycles. The quantitative estimate of drug-likeness (QED) is 0.708. The van der Waals surface area contributed by atoms with Gasteiger partial charge < -0.3 is 10.2 Å². The molecule has 3 fully saturated rings. The van der Waals surface area contributed by atoms with Crippen LogP contribution in [0, 0.1) is 11.8 Å². The van der Waals surface area contributed by atoms with Gasteiger partial charge in [0.25, 0.3) is 0 Å². The molecule has 0 radical (unpaired) electrons. The van der Waals surface area contributed by atoms with Crippen molar-refractivity contribution in [3.05, 3.63) is 65.5 Å². The molecule has 0 unspecified atom stereocenters. The van der Waals surface area contributed by atoms with Gasteiger partial charge in [-0.3, -0.25) is 14.8 Å². The van der Waals surface area contributed by atoms with E-state index in [-0.39, 0.29) is 12.6 Å². The number of pyridine rings is 1. The van der Waals surface area contributed by atoms with E-state index in [9.17, 15) is 10.2 Å². The molecule has 1 aromatic carbocycles. The molecule has 5 rings (SSSR count). The highest BCUT2D eigenvalue weighted by Gasteiger charge is 2.49. The van der Waals surface area contributed by atoms with Crippen LogP contribution in [0.15, 0.2) is 48.8 Å². The summed E-state index contributed by atoms with van der Waals surface area (Å²) in [5, 5.41) is 20.7. The van der Waals surface area contributed by atoms with Gasteiger partial charge in [0.15, 0.2) is 0 Å². The lowest BCUT2D eigenvalue weighted by Gasteiger charge is -2.57. The predicted molar refractivity (Wildman–Crippen MR) is 130 cm³/mol. The maximum Gasteiger partial charge on any atom is 0.125 e. The van der Waals surface area contributed by atoms with Crippen LogP contribution in [0.3, 0.4) is 0 Å². The van der Waals surface area contributed by atoms with E-state index < -0.39 is 5.60 Å². The summed E-state index contributed by atoms with van der Waals surface area (Å²) >= 11 is 0. The third-order valence-corrected chi connectivity index (χ3v) is 7.78. The second-order valence-electron chi connectivity index (χ2n) is 9.99. The molecule has 1 saturated carbocycles. The van der Waals surface area contributed by atoms with E-state index in [1.807, 2.05) is 12.4 Å². The molecule has 5 nitrogen and oxygen atoms in total. The second-order valence-corrected chi connectivity index (χ2v) is 9.99. The van der Waals surface area contributed by atoms with Crippen molar-refractivity contribution < 1.29 is 10.2 Å². The average molecular weight is 446 g/mol. The summed E-state index contributed by atoms with van der Waals surface area (Å²) in [5.41, 5.74) is 2.74. The Morgan fingerprint density at radius 1 is 0.970 bits per heavy atom. The summed E-state index contributed by atoms with van der Waals surface area (Å²) in [6.45, 7) is 4.33. The highest BCUT2D eigenvalue weighted by molar-refractivity contribution is 5.40. The molecule has 3 atom stereocenters. The first-order chi connectivity index (χ1) is 16.1. The third-order valence-electron chi connectivity index (χ3n) is 7.78. The van der Waals surface area contributed by atoms with Crippen LogP contribution < -0.4 is 0 Å². The molecular formula is C28H35N3O2. The molecule has 33 heavy (non-hydrogen) atoms. The zero-order valence-electron chi connectivity index (χ0n) is 19.4. The smallest absolute Gasteiger partial charge is 0.125 e. The second kappa shape index (κ2) is 9.95. The molecule has 1 aliphatic carbocycles. The lowest BCUT2D eigenvalue weighted by Crippen LogP contribution is -2.67. The number of hydrogen-bond donors (Lipinski definition) is 2. The number of hydrogen-bond acceptors (Lipinski definition) is 5. The van der Waals surface area contributed by atoms with Gasteiger partial charge in [0.05, 0.1) is 6.61 Å². The Morgan fingerprint density at radius 2 is 1.70 bits per heavy atom. The van der Waals surface area contributed by atoms with Gasteiger partial charge in [-0.05, 0) is 87.0 Å². The first kappa shape index (κ1) is 22.6. The third kappa shape index (κ3) is 5.00. The van der Waals surface area contributed by atoms with Crippen molar-refractivity contribution in [1.82, 2.24) is 14.8 Å². The van der Waals surface area contributed by atoms with Gasteiger partial charge in [-0.15, -0.1) is 0 Å². The van der Waals surface area contributed by atoms with Gasteiger partial charge >= 0.3 is 0 Å². The molecule has 0 amide bonds. The Hall–Kier alpha value is -2.23. The highest BCUT2D eigenvalue weighted by atomic mass is 16.3. The van der Waals surface area contributed by atoms with Crippen molar-refractivity contribution >= 4 is 0 Å². The number of aromatic nitrogens is 1. The van der Waals surface area contributed by atoms with Crippen molar-refractivity contribution in [3.8, 4) is 11.8 Å². The van der Waals surface area contributed by atoms with Crippen molar-refractivity contribution in [3.63, 3.8) is 0 Å².